The minimum absolute atomic E-state index is 0. The molecule has 9 heteroatoms. The summed E-state index contributed by atoms with van der Waals surface area (Å²) >= 11 is 0. The van der Waals surface area contributed by atoms with Crippen molar-refractivity contribution in [2.24, 2.45) is 4.99 Å². The fourth-order valence-corrected chi connectivity index (χ4v) is 3.80. The van der Waals surface area contributed by atoms with Crippen LogP contribution in [0.3, 0.4) is 0 Å². The number of benzene rings is 2. The lowest BCUT2D eigenvalue weighted by molar-refractivity contribution is 0.588. The van der Waals surface area contributed by atoms with Gasteiger partial charge in [0, 0.05) is 37.2 Å². The molecule has 0 aliphatic heterocycles. The zero-order valence-electron chi connectivity index (χ0n) is 16.4. The molecule has 0 fully saturated rings. The van der Waals surface area contributed by atoms with Crippen LogP contribution in [-0.2, 0) is 23.0 Å². The Hall–Kier alpha value is -2.11. The first-order chi connectivity index (χ1) is 13.5. The van der Waals surface area contributed by atoms with Gasteiger partial charge in [0.1, 0.15) is 0 Å². The Bertz CT molecular complexity index is 1080. The van der Waals surface area contributed by atoms with Crippen molar-refractivity contribution in [3.8, 4) is 0 Å². The molecule has 0 aliphatic rings. The molecule has 0 radical (unpaired) electrons. The summed E-state index contributed by atoms with van der Waals surface area (Å²) in [5, 5.41) is 7.74. The molecular formula is C20H26IN5O2S. The van der Waals surface area contributed by atoms with E-state index in [2.05, 4.69) is 37.5 Å². The Morgan fingerprint density at radius 2 is 1.90 bits per heavy atom. The molecule has 0 atom stereocenters. The predicted molar refractivity (Wildman–Crippen MR) is 128 cm³/mol. The topological polar surface area (TPSA) is 98.4 Å². The smallest absolute Gasteiger partial charge is 0.240 e. The van der Waals surface area contributed by atoms with Gasteiger partial charge < -0.3 is 15.6 Å². The first-order valence-electron chi connectivity index (χ1n) is 9.05. The van der Waals surface area contributed by atoms with E-state index in [9.17, 15) is 8.42 Å². The summed E-state index contributed by atoms with van der Waals surface area (Å²) in [7, 11) is -0.335. The molecule has 0 unspecified atom stereocenters. The zero-order chi connectivity index (χ0) is 20.0. The van der Waals surface area contributed by atoms with Crippen LogP contribution in [0.25, 0.3) is 10.9 Å². The van der Waals surface area contributed by atoms with Gasteiger partial charge in [-0.05, 0) is 42.8 Å². The predicted octanol–water partition coefficient (Wildman–Crippen LogP) is 2.60. The molecule has 0 spiro atoms. The Labute approximate surface area is 188 Å². The normalized spacial score (nSPS) is 11.9. The molecule has 0 saturated carbocycles. The van der Waals surface area contributed by atoms with Gasteiger partial charge >= 0.3 is 0 Å². The van der Waals surface area contributed by atoms with Gasteiger partial charge in [0.15, 0.2) is 5.96 Å². The van der Waals surface area contributed by atoms with Crippen molar-refractivity contribution < 1.29 is 8.42 Å². The molecular weight excluding hydrogens is 501 g/mol. The number of nitrogens with one attached hydrogen (secondary N) is 4. The van der Waals surface area contributed by atoms with E-state index in [1.54, 1.807) is 25.2 Å². The molecule has 2 aromatic carbocycles. The molecule has 4 N–H and O–H groups in total. The molecule has 156 valence electrons. The monoisotopic (exact) mass is 527 g/mol. The van der Waals surface area contributed by atoms with Gasteiger partial charge in [-0.15, -0.1) is 24.0 Å². The molecule has 29 heavy (non-hydrogen) atoms. The first kappa shape index (κ1) is 23.2. The van der Waals surface area contributed by atoms with Crippen LogP contribution in [-0.4, -0.2) is 40.0 Å². The third-order valence-corrected chi connectivity index (χ3v) is 5.93. The highest BCUT2D eigenvalue weighted by Gasteiger charge is 2.11. The average molecular weight is 527 g/mol. The van der Waals surface area contributed by atoms with Gasteiger partial charge in [-0.2, -0.15) is 0 Å². The van der Waals surface area contributed by atoms with Crippen LogP contribution in [0, 0.1) is 0 Å². The largest absolute Gasteiger partial charge is 0.361 e. The van der Waals surface area contributed by atoms with E-state index in [4.69, 9.17) is 0 Å². The number of H-pyrrole nitrogens is 1. The molecule has 1 heterocycles. The quantitative estimate of drug-likeness (QED) is 0.216. The summed E-state index contributed by atoms with van der Waals surface area (Å²) < 4.78 is 26.2. The fraction of sp³-hybridized carbons (Fsp3) is 0.250. The minimum atomic E-state index is -3.45. The zero-order valence-corrected chi connectivity index (χ0v) is 19.5. The summed E-state index contributed by atoms with van der Waals surface area (Å²) in [6.07, 6.45) is 2.90. The molecule has 7 nitrogen and oxygen atoms in total. The van der Waals surface area contributed by atoms with Crippen LogP contribution < -0.4 is 15.4 Å². The number of para-hydroxylation sites is 1. The standard InChI is InChI=1S/C20H25N5O2S.HI/c1-21-20(23-11-10-16-14-24-19-9-4-3-8-18(16)19)25-13-15-6-5-7-17(12-15)28(26,27)22-2;/h3-9,12,14,22,24H,10-11,13H2,1-2H3,(H2,21,23,25);1H. The van der Waals surface area contributed by atoms with Crippen LogP contribution in [0.2, 0.25) is 0 Å². The second kappa shape index (κ2) is 10.6. The van der Waals surface area contributed by atoms with Gasteiger partial charge in [-0.3, -0.25) is 4.99 Å². The average Bonchev–Trinajstić information content (AvgIpc) is 3.14. The maximum absolute atomic E-state index is 11.9. The van der Waals surface area contributed by atoms with Crippen molar-refractivity contribution in [2.75, 3.05) is 20.6 Å². The number of hydrogen-bond acceptors (Lipinski definition) is 3. The van der Waals surface area contributed by atoms with Gasteiger partial charge in [0.2, 0.25) is 10.0 Å². The van der Waals surface area contributed by atoms with Gasteiger partial charge in [-0.1, -0.05) is 30.3 Å². The number of aromatic amines is 1. The van der Waals surface area contributed by atoms with Gasteiger partial charge in [0.05, 0.1) is 4.90 Å². The first-order valence-corrected chi connectivity index (χ1v) is 10.5. The number of fused-ring (bicyclic) bond motifs is 1. The molecule has 1 aromatic heterocycles. The van der Waals surface area contributed by atoms with Crippen LogP contribution in [0.15, 0.2) is 64.6 Å². The van der Waals surface area contributed by atoms with Crippen LogP contribution in [0.5, 0.6) is 0 Å². The minimum Gasteiger partial charge on any atom is -0.361 e. The highest BCUT2D eigenvalue weighted by Crippen LogP contribution is 2.17. The van der Waals surface area contributed by atoms with Crippen LogP contribution in [0.1, 0.15) is 11.1 Å². The number of guanidine groups is 1. The number of aromatic nitrogens is 1. The summed E-state index contributed by atoms with van der Waals surface area (Å²) in [4.78, 5) is 7.76. The number of halogens is 1. The number of nitrogens with zero attached hydrogens (tertiary/aromatic N) is 1. The van der Waals surface area contributed by atoms with Crippen LogP contribution in [0.4, 0.5) is 0 Å². The fourth-order valence-electron chi connectivity index (χ4n) is 3.00. The maximum Gasteiger partial charge on any atom is 0.240 e. The number of sulfonamides is 1. The second-order valence-corrected chi connectivity index (χ2v) is 8.20. The number of aliphatic imine (C=N–C) groups is 1. The van der Waals surface area contributed by atoms with Crippen molar-refractivity contribution in [2.45, 2.75) is 17.9 Å². The highest BCUT2D eigenvalue weighted by molar-refractivity contribution is 14.0. The van der Waals surface area contributed by atoms with Crippen molar-refractivity contribution in [3.63, 3.8) is 0 Å². The van der Waals surface area contributed by atoms with Crippen molar-refractivity contribution >= 4 is 50.9 Å². The lowest BCUT2D eigenvalue weighted by atomic mass is 10.1. The summed E-state index contributed by atoms with van der Waals surface area (Å²) in [5.41, 5.74) is 3.25. The Balaban J connectivity index is 0.00000300. The van der Waals surface area contributed by atoms with E-state index >= 15 is 0 Å². The summed E-state index contributed by atoms with van der Waals surface area (Å²) in [6.45, 7) is 1.20. The van der Waals surface area contributed by atoms with Crippen LogP contribution >= 0.6 is 24.0 Å². The number of rotatable bonds is 7. The molecule has 3 aromatic rings. The summed E-state index contributed by atoms with van der Waals surface area (Å²) in [5.74, 6) is 0.668. The van der Waals surface area contributed by atoms with Gasteiger partial charge in [-0.25, -0.2) is 13.1 Å². The van der Waals surface area contributed by atoms with Crippen molar-refractivity contribution in [3.05, 3.63) is 65.9 Å². The number of hydrogen-bond donors (Lipinski definition) is 4. The van der Waals surface area contributed by atoms with E-state index in [1.807, 2.05) is 24.4 Å². The molecule has 3 rings (SSSR count). The van der Waals surface area contributed by atoms with E-state index in [1.165, 1.54) is 18.0 Å². The second-order valence-electron chi connectivity index (χ2n) is 6.32. The lowest BCUT2D eigenvalue weighted by Gasteiger charge is -2.12. The Morgan fingerprint density at radius 3 is 2.66 bits per heavy atom. The molecule has 0 aliphatic carbocycles. The summed E-state index contributed by atoms with van der Waals surface area (Å²) in [6, 6.07) is 15.1. The van der Waals surface area contributed by atoms with E-state index in [0.29, 0.717) is 12.5 Å². The molecule has 0 saturated heterocycles. The van der Waals surface area contributed by atoms with E-state index in [0.717, 1.165) is 24.0 Å². The van der Waals surface area contributed by atoms with Crippen molar-refractivity contribution in [1.82, 2.24) is 20.3 Å². The third kappa shape index (κ3) is 5.94. The third-order valence-electron chi connectivity index (χ3n) is 4.52. The maximum atomic E-state index is 11.9. The molecule has 0 amide bonds. The Kier molecular flexibility index (Phi) is 8.47. The molecule has 0 bridgehead atoms. The Morgan fingerprint density at radius 1 is 1.10 bits per heavy atom. The highest BCUT2D eigenvalue weighted by atomic mass is 127. The lowest BCUT2D eigenvalue weighted by Crippen LogP contribution is -2.37. The van der Waals surface area contributed by atoms with E-state index < -0.39 is 10.0 Å². The van der Waals surface area contributed by atoms with Crippen molar-refractivity contribution in [1.29, 1.82) is 0 Å². The van der Waals surface area contributed by atoms with Gasteiger partial charge in [0.25, 0.3) is 0 Å². The SMILES string of the molecule is CN=C(NCCc1c[nH]c2ccccc12)NCc1cccc(S(=O)(=O)NC)c1.I. The van der Waals surface area contributed by atoms with E-state index in [-0.39, 0.29) is 28.9 Å².